The first-order valence-electron chi connectivity index (χ1n) is 7.43. The number of nitrogens with one attached hydrogen (secondary N) is 1. The van der Waals surface area contributed by atoms with E-state index in [4.69, 9.17) is 16.3 Å². The molecule has 7 heteroatoms. The lowest BCUT2D eigenvalue weighted by molar-refractivity contribution is -0.385. The van der Waals surface area contributed by atoms with Gasteiger partial charge >= 0.3 is 5.69 Å². The van der Waals surface area contributed by atoms with Crippen molar-refractivity contribution in [2.45, 2.75) is 12.8 Å². The summed E-state index contributed by atoms with van der Waals surface area (Å²) < 4.78 is 5.22. The average Bonchev–Trinajstić information content (AvgIpc) is 2.58. The van der Waals surface area contributed by atoms with E-state index in [9.17, 15) is 14.9 Å². The van der Waals surface area contributed by atoms with Crippen molar-refractivity contribution in [3.8, 4) is 5.75 Å². The summed E-state index contributed by atoms with van der Waals surface area (Å²) in [5, 5.41) is 13.9. The number of ether oxygens (including phenoxy) is 1. The van der Waals surface area contributed by atoms with Crippen LogP contribution in [-0.4, -0.2) is 24.0 Å². The van der Waals surface area contributed by atoms with E-state index in [1.165, 1.54) is 23.8 Å². The normalized spacial score (nSPS) is 10.2. The van der Waals surface area contributed by atoms with Crippen molar-refractivity contribution < 1.29 is 14.5 Å². The number of benzene rings is 2. The molecule has 0 aromatic heterocycles. The van der Waals surface area contributed by atoms with Crippen molar-refractivity contribution in [1.29, 1.82) is 0 Å². The maximum atomic E-state index is 11.7. The highest BCUT2D eigenvalue weighted by atomic mass is 35.5. The molecule has 6 nitrogen and oxygen atoms in total. The molecule has 0 saturated heterocycles. The van der Waals surface area contributed by atoms with Crippen LogP contribution in [0.4, 0.5) is 5.69 Å². The van der Waals surface area contributed by atoms with E-state index in [1.54, 1.807) is 0 Å². The van der Waals surface area contributed by atoms with E-state index in [0.29, 0.717) is 6.54 Å². The van der Waals surface area contributed by atoms with Crippen LogP contribution in [0.15, 0.2) is 48.5 Å². The number of hydrogen-bond acceptors (Lipinski definition) is 4. The van der Waals surface area contributed by atoms with Crippen molar-refractivity contribution in [3.63, 3.8) is 0 Å². The van der Waals surface area contributed by atoms with Gasteiger partial charge in [-0.1, -0.05) is 41.9 Å². The number of amides is 1. The Morgan fingerprint density at radius 1 is 1.21 bits per heavy atom. The zero-order chi connectivity index (χ0) is 17.4. The van der Waals surface area contributed by atoms with Gasteiger partial charge in [0.2, 0.25) is 0 Å². The Bertz CT molecular complexity index is 707. The van der Waals surface area contributed by atoms with Gasteiger partial charge in [0.25, 0.3) is 5.91 Å². The fraction of sp³-hybridized carbons (Fsp3) is 0.235. The molecule has 0 bridgehead atoms. The molecule has 0 aliphatic carbocycles. The van der Waals surface area contributed by atoms with E-state index < -0.39 is 4.92 Å². The van der Waals surface area contributed by atoms with E-state index in [2.05, 4.69) is 5.32 Å². The number of hydrogen-bond donors (Lipinski definition) is 1. The number of aryl methyl sites for hydroxylation is 1. The lowest BCUT2D eigenvalue weighted by Gasteiger charge is -2.08. The maximum absolute atomic E-state index is 11.7. The van der Waals surface area contributed by atoms with Gasteiger partial charge in [-0.05, 0) is 30.5 Å². The molecule has 0 spiro atoms. The molecule has 0 fully saturated rings. The zero-order valence-corrected chi connectivity index (χ0v) is 13.7. The molecule has 0 radical (unpaired) electrons. The summed E-state index contributed by atoms with van der Waals surface area (Å²) in [6.07, 6.45) is 1.67. The molecule has 2 rings (SSSR count). The van der Waals surface area contributed by atoms with E-state index >= 15 is 0 Å². The van der Waals surface area contributed by atoms with Crippen LogP contribution >= 0.6 is 11.6 Å². The third kappa shape index (κ3) is 5.55. The Balaban J connectivity index is 1.74. The van der Waals surface area contributed by atoms with Gasteiger partial charge in [-0.2, -0.15) is 0 Å². The number of nitrogens with zero attached hydrogens (tertiary/aromatic N) is 1. The molecule has 0 atom stereocenters. The Morgan fingerprint density at radius 3 is 2.67 bits per heavy atom. The third-order valence-electron chi connectivity index (χ3n) is 3.28. The zero-order valence-electron chi connectivity index (χ0n) is 12.9. The summed E-state index contributed by atoms with van der Waals surface area (Å²) in [4.78, 5) is 22.1. The highest BCUT2D eigenvalue weighted by Crippen LogP contribution is 2.29. The number of nitro benzene ring substituents is 1. The first kappa shape index (κ1) is 17.7. The number of nitro groups is 1. The van der Waals surface area contributed by atoms with Gasteiger partial charge in [0, 0.05) is 17.6 Å². The second-order valence-corrected chi connectivity index (χ2v) is 5.53. The summed E-state index contributed by atoms with van der Waals surface area (Å²) in [6, 6.07) is 14.0. The van der Waals surface area contributed by atoms with Crippen LogP contribution in [0.1, 0.15) is 12.0 Å². The second-order valence-electron chi connectivity index (χ2n) is 5.10. The highest BCUT2D eigenvalue weighted by molar-refractivity contribution is 6.30. The van der Waals surface area contributed by atoms with Gasteiger partial charge in [-0.3, -0.25) is 14.9 Å². The third-order valence-corrected chi connectivity index (χ3v) is 3.52. The number of rotatable bonds is 8. The van der Waals surface area contributed by atoms with Gasteiger partial charge in [0.1, 0.15) is 0 Å². The lowest BCUT2D eigenvalue weighted by atomic mass is 10.1. The molecule has 1 N–H and O–H groups in total. The predicted octanol–water partition coefficient (Wildman–Crippen LogP) is 3.38. The Labute approximate surface area is 144 Å². The first-order chi connectivity index (χ1) is 11.6. The molecule has 0 aliphatic heterocycles. The topological polar surface area (TPSA) is 81.5 Å². The molecule has 0 unspecified atom stereocenters. The van der Waals surface area contributed by atoms with Crippen LogP contribution in [0.5, 0.6) is 5.75 Å². The Morgan fingerprint density at radius 2 is 1.96 bits per heavy atom. The molecule has 24 heavy (non-hydrogen) atoms. The van der Waals surface area contributed by atoms with Crippen LogP contribution in [0, 0.1) is 10.1 Å². The quantitative estimate of drug-likeness (QED) is 0.450. The van der Waals surface area contributed by atoms with Crippen molar-refractivity contribution in [3.05, 3.63) is 69.2 Å². The van der Waals surface area contributed by atoms with Crippen molar-refractivity contribution in [2.24, 2.45) is 0 Å². The fourth-order valence-corrected chi connectivity index (χ4v) is 2.28. The Hall–Kier alpha value is -2.60. The molecule has 0 heterocycles. The summed E-state index contributed by atoms with van der Waals surface area (Å²) in [7, 11) is 0. The van der Waals surface area contributed by atoms with Gasteiger partial charge in [-0.15, -0.1) is 0 Å². The Kier molecular flexibility index (Phi) is 6.57. The molecule has 1 amide bonds. The van der Waals surface area contributed by atoms with Crippen LogP contribution in [-0.2, 0) is 11.2 Å². The van der Waals surface area contributed by atoms with E-state index in [-0.39, 0.29) is 29.0 Å². The molecule has 2 aromatic carbocycles. The van der Waals surface area contributed by atoms with E-state index in [0.717, 1.165) is 12.8 Å². The number of halogens is 1. The minimum absolute atomic E-state index is 0.0174. The molecule has 126 valence electrons. The van der Waals surface area contributed by atoms with Crippen molar-refractivity contribution >= 4 is 23.2 Å². The summed E-state index contributed by atoms with van der Waals surface area (Å²) in [5.41, 5.74) is 0.944. The lowest BCUT2D eigenvalue weighted by Crippen LogP contribution is -2.30. The average molecular weight is 349 g/mol. The van der Waals surface area contributed by atoms with Crippen molar-refractivity contribution in [1.82, 2.24) is 5.32 Å². The van der Waals surface area contributed by atoms with Gasteiger partial charge in [-0.25, -0.2) is 0 Å². The van der Waals surface area contributed by atoms with Crippen LogP contribution in [0.2, 0.25) is 5.02 Å². The van der Waals surface area contributed by atoms with Crippen molar-refractivity contribution in [2.75, 3.05) is 13.2 Å². The molecule has 2 aromatic rings. The minimum atomic E-state index is -0.598. The monoisotopic (exact) mass is 348 g/mol. The van der Waals surface area contributed by atoms with Gasteiger partial charge in [0.05, 0.1) is 4.92 Å². The summed E-state index contributed by atoms with van der Waals surface area (Å²) >= 11 is 5.72. The minimum Gasteiger partial charge on any atom is -0.477 e. The fourth-order valence-electron chi connectivity index (χ4n) is 2.11. The predicted molar refractivity (Wildman–Crippen MR) is 91.4 cm³/mol. The van der Waals surface area contributed by atoms with Gasteiger partial charge in [0.15, 0.2) is 12.4 Å². The number of carbonyl (C=O) groups is 1. The molecule has 0 saturated carbocycles. The number of carbonyl (C=O) groups excluding carboxylic acids is 1. The summed E-state index contributed by atoms with van der Waals surface area (Å²) in [5.74, 6) is -0.309. The van der Waals surface area contributed by atoms with E-state index in [1.807, 2.05) is 30.3 Å². The molecule has 0 aliphatic rings. The van der Waals surface area contributed by atoms with Crippen LogP contribution in [0.3, 0.4) is 0 Å². The maximum Gasteiger partial charge on any atom is 0.312 e. The molecular formula is C17H17ClN2O4. The van der Waals surface area contributed by atoms with Gasteiger partial charge < -0.3 is 10.1 Å². The smallest absolute Gasteiger partial charge is 0.312 e. The SMILES string of the molecule is O=C(COc1ccc(Cl)cc1[N+](=O)[O-])NCCCc1ccccc1. The van der Waals surface area contributed by atoms with Crippen LogP contribution < -0.4 is 10.1 Å². The first-order valence-corrected chi connectivity index (χ1v) is 7.81. The largest absolute Gasteiger partial charge is 0.477 e. The second kappa shape index (κ2) is 8.88. The highest BCUT2D eigenvalue weighted by Gasteiger charge is 2.16. The molecular weight excluding hydrogens is 332 g/mol. The van der Waals surface area contributed by atoms with Crippen LogP contribution in [0.25, 0.3) is 0 Å². The summed E-state index contributed by atoms with van der Waals surface area (Å²) in [6.45, 7) is 0.230. The standard InChI is InChI=1S/C17H17ClN2O4/c18-14-8-9-16(15(11-14)20(22)23)24-12-17(21)19-10-4-7-13-5-2-1-3-6-13/h1-3,5-6,8-9,11H,4,7,10,12H2,(H,19,21).